The SMILES string of the molecule is O=POc1ccccn1.[NaH]. The molecule has 0 fully saturated rings. The van der Waals surface area contributed by atoms with E-state index in [9.17, 15) is 4.57 Å². The molecule has 3 nitrogen and oxygen atoms in total. The van der Waals surface area contributed by atoms with Crippen LogP contribution in [-0.2, 0) is 4.57 Å². The molecule has 1 rings (SSSR count). The van der Waals surface area contributed by atoms with Crippen molar-refractivity contribution in [3.63, 3.8) is 0 Å². The van der Waals surface area contributed by atoms with Crippen molar-refractivity contribution >= 4 is 38.2 Å². The number of nitrogens with zero attached hydrogens (tertiary/aromatic N) is 1. The first-order valence-electron chi connectivity index (χ1n) is 2.34. The standard InChI is InChI=1S/C5H4NO2P.Na.H/c7-9-8-5-3-1-2-4-6-5;;/h1-4H;;. The Balaban J connectivity index is 0.000000810. The van der Waals surface area contributed by atoms with Crippen molar-refractivity contribution in [2.75, 3.05) is 0 Å². The fourth-order valence-electron chi connectivity index (χ4n) is 0.439. The van der Waals surface area contributed by atoms with Crippen LogP contribution < -0.4 is 4.52 Å². The Hall–Kier alpha value is 0.0500. The summed E-state index contributed by atoms with van der Waals surface area (Å²) in [6.45, 7) is 0. The minimum absolute atomic E-state index is 0. The zero-order valence-corrected chi connectivity index (χ0v) is 5.41. The molecule has 5 heteroatoms. The van der Waals surface area contributed by atoms with Crippen LogP contribution in [0.1, 0.15) is 0 Å². The van der Waals surface area contributed by atoms with E-state index in [2.05, 4.69) is 9.51 Å². The molecule has 0 saturated heterocycles. The average molecular weight is 165 g/mol. The summed E-state index contributed by atoms with van der Waals surface area (Å²) in [6.07, 6.45) is 1.57. The van der Waals surface area contributed by atoms with Gasteiger partial charge in [-0.05, 0) is 6.07 Å². The molecule has 0 bridgehead atoms. The van der Waals surface area contributed by atoms with Gasteiger partial charge in [-0.1, -0.05) is 6.07 Å². The summed E-state index contributed by atoms with van der Waals surface area (Å²) >= 11 is 0. The van der Waals surface area contributed by atoms with Gasteiger partial charge in [0.1, 0.15) is 0 Å². The molecule has 1 aromatic heterocycles. The number of hydrogen-bond acceptors (Lipinski definition) is 3. The molecule has 0 saturated carbocycles. The van der Waals surface area contributed by atoms with Gasteiger partial charge in [-0.15, -0.1) is 0 Å². The van der Waals surface area contributed by atoms with E-state index in [0.29, 0.717) is 5.88 Å². The van der Waals surface area contributed by atoms with Crippen LogP contribution in [0, 0.1) is 0 Å². The average Bonchev–Trinajstić information content (AvgIpc) is 1.91. The molecular weight excluding hydrogens is 160 g/mol. The van der Waals surface area contributed by atoms with Gasteiger partial charge in [-0.2, -0.15) is 0 Å². The predicted octanol–water partition coefficient (Wildman–Crippen LogP) is 1.02. The van der Waals surface area contributed by atoms with Crippen molar-refractivity contribution in [2.45, 2.75) is 0 Å². The summed E-state index contributed by atoms with van der Waals surface area (Å²) in [5, 5.41) is 0. The van der Waals surface area contributed by atoms with E-state index in [4.69, 9.17) is 0 Å². The summed E-state index contributed by atoms with van der Waals surface area (Å²) in [6, 6.07) is 5.15. The fraction of sp³-hybridized carbons (Fsp3) is 0. The van der Waals surface area contributed by atoms with E-state index in [-0.39, 0.29) is 38.2 Å². The van der Waals surface area contributed by atoms with E-state index in [1.165, 1.54) is 0 Å². The molecule has 0 unspecified atom stereocenters. The van der Waals surface area contributed by atoms with E-state index in [1.54, 1.807) is 24.4 Å². The third-order valence-corrected chi connectivity index (χ3v) is 1.03. The molecule has 0 atom stereocenters. The molecule has 1 aromatic rings. The summed E-state index contributed by atoms with van der Waals surface area (Å²) in [7, 11) is -0.368. The second kappa shape index (κ2) is 5.81. The maximum absolute atomic E-state index is 9.81. The van der Waals surface area contributed by atoms with Gasteiger partial charge in [0.05, 0.1) is 0 Å². The van der Waals surface area contributed by atoms with Crippen LogP contribution in [0.2, 0.25) is 0 Å². The van der Waals surface area contributed by atoms with Crippen LogP contribution in [0.3, 0.4) is 0 Å². The Morgan fingerprint density at radius 2 is 2.30 bits per heavy atom. The maximum atomic E-state index is 9.81. The number of rotatable bonds is 2. The van der Waals surface area contributed by atoms with Crippen molar-refractivity contribution in [3.8, 4) is 5.88 Å². The summed E-state index contributed by atoms with van der Waals surface area (Å²) in [5.41, 5.74) is 0. The Bertz CT molecular complexity index is 194. The normalized spacial score (nSPS) is 8.40. The van der Waals surface area contributed by atoms with Gasteiger partial charge in [0.2, 0.25) is 5.88 Å². The van der Waals surface area contributed by atoms with Crippen LogP contribution in [0.4, 0.5) is 0 Å². The second-order valence-electron chi connectivity index (χ2n) is 1.33. The van der Waals surface area contributed by atoms with Gasteiger partial charge in [-0.25, -0.2) is 9.55 Å². The number of aromatic nitrogens is 1. The molecule has 0 aliphatic heterocycles. The number of hydrogen-bond donors (Lipinski definition) is 0. The van der Waals surface area contributed by atoms with Gasteiger partial charge < -0.3 is 4.52 Å². The van der Waals surface area contributed by atoms with Gasteiger partial charge >= 0.3 is 38.2 Å². The van der Waals surface area contributed by atoms with Gasteiger partial charge in [-0.3, -0.25) is 0 Å². The van der Waals surface area contributed by atoms with Crippen molar-refractivity contribution in [3.05, 3.63) is 24.4 Å². The van der Waals surface area contributed by atoms with Crippen molar-refractivity contribution < 1.29 is 9.09 Å². The third-order valence-electron chi connectivity index (χ3n) is 0.769. The van der Waals surface area contributed by atoms with E-state index in [1.807, 2.05) is 0 Å². The van der Waals surface area contributed by atoms with Crippen LogP contribution in [0.5, 0.6) is 5.88 Å². The zero-order chi connectivity index (χ0) is 6.53. The molecule has 0 spiro atoms. The topological polar surface area (TPSA) is 39.2 Å². The Morgan fingerprint density at radius 1 is 1.50 bits per heavy atom. The zero-order valence-electron chi connectivity index (χ0n) is 4.52. The minimum atomic E-state index is -0.368. The van der Waals surface area contributed by atoms with Gasteiger partial charge in [0.15, 0.2) is 0 Å². The van der Waals surface area contributed by atoms with E-state index < -0.39 is 0 Å². The molecule has 0 aromatic carbocycles. The molecule has 10 heavy (non-hydrogen) atoms. The molecule has 0 aliphatic rings. The molecule has 0 radical (unpaired) electrons. The summed E-state index contributed by atoms with van der Waals surface area (Å²) < 4.78 is 14.3. The Morgan fingerprint density at radius 3 is 2.80 bits per heavy atom. The third kappa shape index (κ3) is 3.28. The van der Waals surface area contributed by atoms with Crippen LogP contribution in [0.25, 0.3) is 0 Å². The molecule has 0 N–H and O–H groups in total. The first kappa shape index (κ1) is 10.0. The monoisotopic (exact) mass is 165 g/mol. The van der Waals surface area contributed by atoms with Crippen molar-refractivity contribution in [2.24, 2.45) is 0 Å². The van der Waals surface area contributed by atoms with Crippen LogP contribution in [-0.4, -0.2) is 34.5 Å². The number of pyridine rings is 1. The van der Waals surface area contributed by atoms with Crippen molar-refractivity contribution in [1.82, 2.24) is 4.98 Å². The molecular formula is C5H5NNaO2P. The quantitative estimate of drug-likeness (QED) is 0.485. The predicted molar refractivity (Wildman–Crippen MR) is 39.6 cm³/mol. The Labute approximate surface area is 82.4 Å². The van der Waals surface area contributed by atoms with Crippen molar-refractivity contribution in [1.29, 1.82) is 0 Å². The summed E-state index contributed by atoms with van der Waals surface area (Å²) in [4.78, 5) is 3.74. The van der Waals surface area contributed by atoms with E-state index >= 15 is 0 Å². The van der Waals surface area contributed by atoms with Crippen LogP contribution >= 0.6 is 8.69 Å². The molecule has 0 aliphatic carbocycles. The Kier molecular flexibility index (Phi) is 5.84. The molecule has 48 valence electrons. The second-order valence-corrected chi connectivity index (χ2v) is 1.67. The fourth-order valence-corrected chi connectivity index (χ4v) is 0.624. The van der Waals surface area contributed by atoms with Crippen LogP contribution in [0.15, 0.2) is 24.4 Å². The molecule has 1 heterocycles. The first-order chi connectivity index (χ1) is 4.43. The summed E-state index contributed by atoms with van der Waals surface area (Å²) in [5.74, 6) is 0.370. The first-order valence-corrected chi connectivity index (χ1v) is 3.07. The van der Waals surface area contributed by atoms with Gasteiger partial charge in [0.25, 0.3) is 0 Å². The molecule has 0 amide bonds. The van der Waals surface area contributed by atoms with Gasteiger partial charge in [0, 0.05) is 12.3 Å². The van der Waals surface area contributed by atoms with E-state index in [0.717, 1.165) is 0 Å².